The van der Waals surface area contributed by atoms with Crippen molar-refractivity contribution in [2.24, 2.45) is 0 Å². The van der Waals surface area contributed by atoms with Crippen molar-refractivity contribution in [2.75, 3.05) is 0 Å². The van der Waals surface area contributed by atoms with Crippen molar-refractivity contribution in [3.63, 3.8) is 0 Å². The van der Waals surface area contributed by atoms with Crippen molar-refractivity contribution in [1.82, 2.24) is 19.9 Å². The van der Waals surface area contributed by atoms with Gasteiger partial charge in [-0.15, -0.1) is 0 Å². The van der Waals surface area contributed by atoms with Gasteiger partial charge in [-0.1, -0.05) is 19.3 Å². The van der Waals surface area contributed by atoms with Crippen LogP contribution in [-0.2, 0) is 0 Å². The van der Waals surface area contributed by atoms with Crippen LogP contribution in [-0.4, -0.2) is 26.5 Å². The molecule has 0 saturated heterocycles. The van der Waals surface area contributed by atoms with E-state index in [1.165, 1.54) is 19.3 Å². The third-order valence-corrected chi connectivity index (χ3v) is 3.71. The van der Waals surface area contributed by atoms with Crippen LogP contribution in [0, 0.1) is 6.92 Å². The number of rotatable bonds is 2. The summed E-state index contributed by atoms with van der Waals surface area (Å²) >= 11 is 0. The molecular formula is C14H18N4O. The van der Waals surface area contributed by atoms with Crippen LogP contribution in [0.2, 0.25) is 0 Å². The summed E-state index contributed by atoms with van der Waals surface area (Å²) in [4.78, 5) is 16.6. The van der Waals surface area contributed by atoms with Crippen LogP contribution in [0.3, 0.4) is 0 Å². The van der Waals surface area contributed by atoms with E-state index in [1.54, 1.807) is 16.8 Å². The molecule has 0 aliphatic heterocycles. The molecular weight excluding hydrogens is 240 g/mol. The first kappa shape index (κ1) is 12.1. The van der Waals surface area contributed by atoms with E-state index in [2.05, 4.69) is 15.4 Å². The van der Waals surface area contributed by atoms with Gasteiger partial charge in [0.05, 0.1) is 6.20 Å². The average Bonchev–Trinajstić information content (AvgIpc) is 2.88. The second-order valence-electron chi connectivity index (χ2n) is 5.19. The Morgan fingerprint density at radius 1 is 1.37 bits per heavy atom. The molecule has 1 amide bonds. The molecule has 2 heterocycles. The van der Waals surface area contributed by atoms with Gasteiger partial charge in [-0.2, -0.15) is 5.10 Å². The van der Waals surface area contributed by atoms with Crippen LogP contribution in [0.4, 0.5) is 0 Å². The molecule has 100 valence electrons. The second kappa shape index (κ2) is 4.99. The molecule has 19 heavy (non-hydrogen) atoms. The molecule has 0 bridgehead atoms. The van der Waals surface area contributed by atoms with Gasteiger partial charge in [0, 0.05) is 17.8 Å². The lowest BCUT2D eigenvalue weighted by Crippen LogP contribution is -2.36. The number of aromatic nitrogens is 3. The van der Waals surface area contributed by atoms with Crippen LogP contribution in [0.1, 0.15) is 48.3 Å². The van der Waals surface area contributed by atoms with E-state index in [0.29, 0.717) is 17.4 Å². The standard InChI is InChI=1S/C14H18N4O/c1-10-9-12(17-13-7-8-15-18(10)13)14(19)16-11-5-3-2-4-6-11/h7-9,11H,2-6H2,1H3,(H,16,19). The molecule has 0 aromatic carbocycles. The summed E-state index contributed by atoms with van der Waals surface area (Å²) in [5.41, 5.74) is 2.12. The number of hydrogen-bond acceptors (Lipinski definition) is 3. The number of aryl methyl sites for hydroxylation is 1. The summed E-state index contributed by atoms with van der Waals surface area (Å²) in [5.74, 6) is -0.0706. The summed E-state index contributed by atoms with van der Waals surface area (Å²) < 4.78 is 1.73. The maximum absolute atomic E-state index is 12.2. The smallest absolute Gasteiger partial charge is 0.270 e. The van der Waals surface area contributed by atoms with Gasteiger partial charge >= 0.3 is 0 Å². The predicted octanol–water partition coefficient (Wildman–Crippen LogP) is 2.10. The highest BCUT2D eigenvalue weighted by atomic mass is 16.1. The highest BCUT2D eigenvalue weighted by Crippen LogP contribution is 2.18. The lowest BCUT2D eigenvalue weighted by atomic mass is 9.95. The molecule has 1 fully saturated rings. The molecule has 5 nitrogen and oxygen atoms in total. The molecule has 1 aliphatic rings. The first-order chi connectivity index (χ1) is 9.24. The van der Waals surface area contributed by atoms with Crippen molar-refractivity contribution < 1.29 is 4.79 Å². The van der Waals surface area contributed by atoms with E-state index in [-0.39, 0.29) is 5.91 Å². The van der Waals surface area contributed by atoms with E-state index in [9.17, 15) is 4.79 Å². The molecule has 2 aromatic heterocycles. The summed E-state index contributed by atoms with van der Waals surface area (Å²) in [6.07, 6.45) is 7.56. The van der Waals surface area contributed by atoms with E-state index >= 15 is 0 Å². The van der Waals surface area contributed by atoms with E-state index < -0.39 is 0 Å². The molecule has 0 unspecified atom stereocenters. The van der Waals surface area contributed by atoms with Crippen LogP contribution in [0.25, 0.3) is 5.65 Å². The summed E-state index contributed by atoms with van der Waals surface area (Å²) in [6.45, 7) is 1.93. The third kappa shape index (κ3) is 2.45. The Morgan fingerprint density at radius 2 is 2.16 bits per heavy atom. The minimum Gasteiger partial charge on any atom is -0.348 e. The van der Waals surface area contributed by atoms with E-state index in [4.69, 9.17) is 0 Å². The second-order valence-corrected chi connectivity index (χ2v) is 5.19. The van der Waals surface area contributed by atoms with Crippen molar-refractivity contribution in [3.05, 3.63) is 29.7 Å². The SMILES string of the molecule is Cc1cc(C(=O)NC2CCCCC2)nc2ccnn12. The fourth-order valence-corrected chi connectivity index (χ4v) is 2.69. The number of amides is 1. The Hall–Kier alpha value is -1.91. The number of fused-ring (bicyclic) bond motifs is 1. The largest absolute Gasteiger partial charge is 0.348 e. The van der Waals surface area contributed by atoms with Gasteiger partial charge in [0.2, 0.25) is 0 Å². The zero-order valence-electron chi connectivity index (χ0n) is 11.1. The Labute approximate surface area is 112 Å². The van der Waals surface area contributed by atoms with Gasteiger partial charge < -0.3 is 5.32 Å². The third-order valence-electron chi connectivity index (χ3n) is 3.71. The quantitative estimate of drug-likeness (QED) is 0.897. The maximum Gasteiger partial charge on any atom is 0.270 e. The molecule has 1 saturated carbocycles. The molecule has 5 heteroatoms. The minimum atomic E-state index is -0.0706. The molecule has 1 aliphatic carbocycles. The van der Waals surface area contributed by atoms with Crippen LogP contribution >= 0.6 is 0 Å². The Balaban J connectivity index is 1.80. The molecule has 0 radical (unpaired) electrons. The fraction of sp³-hybridized carbons (Fsp3) is 0.500. The summed E-state index contributed by atoms with van der Waals surface area (Å²) in [6, 6.07) is 3.91. The zero-order chi connectivity index (χ0) is 13.2. The number of hydrogen-bond donors (Lipinski definition) is 1. The van der Waals surface area contributed by atoms with Gasteiger partial charge in [0.15, 0.2) is 5.65 Å². The van der Waals surface area contributed by atoms with Gasteiger partial charge in [-0.25, -0.2) is 9.50 Å². The lowest BCUT2D eigenvalue weighted by Gasteiger charge is -2.22. The summed E-state index contributed by atoms with van der Waals surface area (Å²) in [5, 5.41) is 7.24. The predicted molar refractivity (Wildman–Crippen MR) is 72.1 cm³/mol. The Bertz CT molecular complexity index is 599. The number of nitrogens with one attached hydrogen (secondary N) is 1. The maximum atomic E-state index is 12.2. The van der Waals surface area contributed by atoms with Crippen LogP contribution in [0.5, 0.6) is 0 Å². The van der Waals surface area contributed by atoms with Gasteiger partial charge in [0.25, 0.3) is 5.91 Å². The number of nitrogens with zero attached hydrogens (tertiary/aromatic N) is 3. The van der Waals surface area contributed by atoms with Crippen molar-refractivity contribution in [2.45, 2.75) is 45.1 Å². The van der Waals surface area contributed by atoms with Crippen LogP contribution < -0.4 is 5.32 Å². The topological polar surface area (TPSA) is 59.3 Å². The van der Waals surface area contributed by atoms with Gasteiger partial charge in [-0.05, 0) is 25.8 Å². The summed E-state index contributed by atoms with van der Waals surface area (Å²) in [7, 11) is 0. The van der Waals surface area contributed by atoms with Crippen molar-refractivity contribution >= 4 is 11.6 Å². The number of carbonyl (C=O) groups is 1. The van der Waals surface area contributed by atoms with Gasteiger partial charge in [0.1, 0.15) is 5.69 Å². The van der Waals surface area contributed by atoms with Crippen molar-refractivity contribution in [3.8, 4) is 0 Å². The molecule has 0 atom stereocenters. The first-order valence-corrected chi connectivity index (χ1v) is 6.86. The van der Waals surface area contributed by atoms with Gasteiger partial charge in [-0.3, -0.25) is 4.79 Å². The molecule has 2 aromatic rings. The zero-order valence-corrected chi connectivity index (χ0v) is 11.1. The minimum absolute atomic E-state index is 0.0706. The van der Waals surface area contributed by atoms with Crippen LogP contribution in [0.15, 0.2) is 18.3 Å². The first-order valence-electron chi connectivity index (χ1n) is 6.86. The molecule has 3 rings (SSSR count). The Morgan fingerprint density at radius 3 is 2.95 bits per heavy atom. The number of carbonyl (C=O) groups excluding carboxylic acids is 1. The fourth-order valence-electron chi connectivity index (χ4n) is 2.69. The molecule has 0 spiro atoms. The van der Waals surface area contributed by atoms with E-state index in [0.717, 1.165) is 18.5 Å². The van der Waals surface area contributed by atoms with Crippen molar-refractivity contribution in [1.29, 1.82) is 0 Å². The Kier molecular flexibility index (Phi) is 3.19. The monoisotopic (exact) mass is 258 g/mol. The highest BCUT2D eigenvalue weighted by Gasteiger charge is 2.18. The molecule has 1 N–H and O–H groups in total. The lowest BCUT2D eigenvalue weighted by molar-refractivity contribution is 0.0922. The van der Waals surface area contributed by atoms with E-state index in [1.807, 2.05) is 13.0 Å². The highest BCUT2D eigenvalue weighted by molar-refractivity contribution is 5.93. The normalized spacial score (nSPS) is 16.7. The average molecular weight is 258 g/mol.